The molecule has 2 aromatic rings. The van der Waals surface area contributed by atoms with Crippen LogP contribution in [-0.2, 0) is 11.3 Å². The summed E-state index contributed by atoms with van der Waals surface area (Å²) in [6.45, 7) is 2.92. The first-order valence-corrected chi connectivity index (χ1v) is 7.41. The molecular formula is C16H19N3O2. The van der Waals surface area contributed by atoms with Crippen LogP contribution in [0.25, 0.3) is 11.2 Å². The van der Waals surface area contributed by atoms with Crippen molar-refractivity contribution < 1.29 is 9.90 Å². The number of aryl methyl sites for hydroxylation is 1. The second kappa shape index (κ2) is 5.68. The Morgan fingerprint density at radius 2 is 2.24 bits per heavy atom. The highest BCUT2D eigenvalue weighted by Gasteiger charge is 2.33. The summed E-state index contributed by atoms with van der Waals surface area (Å²) in [4.78, 5) is 20.6. The molecule has 0 spiro atoms. The molecule has 2 aromatic heterocycles. The molecule has 0 saturated carbocycles. The number of rotatable bonds is 4. The van der Waals surface area contributed by atoms with Crippen LogP contribution in [0.1, 0.15) is 37.9 Å². The Hall–Kier alpha value is -2.17. The van der Waals surface area contributed by atoms with Gasteiger partial charge in [-0.15, -0.1) is 0 Å². The molecule has 1 N–H and O–H groups in total. The lowest BCUT2D eigenvalue weighted by Crippen LogP contribution is -2.26. The second-order valence-electron chi connectivity index (χ2n) is 5.46. The third-order valence-corrected chi connectivity index (χ3v) is 4.06. The number of hydrogen-bond donors (Lipinski definition) is 1. The van der Waals surface area contributed by atoms with Crippen molar-refractivity contribution in [2.45, 2.75) is 38.6 Å². The van der Waals surface area contributed by atoms with Gasteiger partial charge in [-0.1, -0.05) is 19.1 Å². The van der Waals surface area contributed by atoms with E-state index in [4.69, 9.17) is 4.98 Å². The largest absolute Gasteiger partial charge is 0.481 e. The number of carbonyl (C=O) groups is 1. The highest BCUT2D eigenvalue weighted by molar-refractivity contribution is 5.74. The van der Waals surface area contributed by atoms with Gasteiger partial charge >= 0.3 is 5.97 Å². The second-order valence-corrected chi connectivity index (χ2v) is 5.46. The number of carboxylic acids is 1. The van der Waals surface area contributed by atoms with Crippen LogP contribution in [0.3, 0.4) is 0 Å². The molecule has 2 atom stereocenters. The fraction of sp³-hybridized carbons (Fsp3) is 0.438. The van der Waals surface area contributed by atoms with E-state index < -0.39 is 11.9 Å². The first-order valence-electron chi connectivity index (χ1n) is 7.41. The zero-order valence-corrected chi connectivity index (χ0v) is 12.1. The summed E-state index contributed by atoms with van der Waals surface area (Å²) in [5.41, 5.74) is 1.70. The van der Waals surface area contributed by atoms with Crippen LogP contribution in [-0.4, -0.2) is 25.6 Å². The van der Waals surface area contributed by atoms with Crippen LogP contribution in [0.4, 0.5) is 0 Å². The Kier molecular flexibility index (Phi) is 3.73. The van der Waals surface area contributed by atoms with E-state index in [2.05, 4.69) is 22.6 Å². The summed E-state index contributed by atoms with van der Waals surface area (Å²) in [6, 6.07) is 3.80. The SMILES string of the molecule is CCCn1c(C2CC=CCC2C(=O)O)nc2cccnc21. The average Bonchev–Trinajstić information content (AvgIpc) is 2.86. The molecule has 1 aliphatic carbocycles. The summed E-state index contributed by atoms with van der Waals surface area (Å²) in [7, 11) is 0. The summed E-state index contributed by atoms with van der Waals surface area (Å²) < 4.78 is 2.09. The molecule has 21 heavy (non-hydrogen) atoms. The Morgan fingerprint density at radius 3 is 3.00 bits per heavy atom. The van der Waals surface area contributed by atoms with Crippen LogP contribution < -0.4 is 0 Å². The van der Waals surface area contributed by atoms with Gasteiger partial charge in [-0.25, -0.2) is 9.97 Å². The highest BCUT2D eigenvalue weighted by Crippen LogP contribution is 2.35. The molecule has 2 unspecified atom stereocenters. The molecule has 0 saturated heterocycles. The van der Waals surface area contributed by atoms with E-state index in [0.717, 1.165) is 36.4 Å². The molecule has 0 aliphatic heterocycles. The van der Waals surface area contributed by atoms with Gasteiger partial charge in [0.05, 0.1) is 5.92 Å². The van der Waals surface area contributed by atoms with E-state index in [1.807, 2.05) is 18.2 Å². The summed E-state index contributed by atoms with van der Waals surface area (Å²) in [5, 5.41) is 9.48. The molecule has 2 heterocycles. The zero-order chi connectivity index (χ0) is 14.8. The van der Waals surface area contributed by atoms with Gasteiger partial charge in [-0.2, -0.15) is 0 Å². The van der Waals surface area contributed by atoms with Gasteiger partial charge in [0, 0.05) is 18.7 Å². The summed E-state index contributed by atoms with van der Waals surface area (Å²) in [6.07, 6.45) is 8.05. The quantitative estimate of drug-likeness (QED) is 0.877. The molecule has 0 amide bonds. The van der Waals surface area contributed by atoms with Crippen LogP contribution in [0, 0.1) is 5.92 Å². The monoisotopic (exact) mass is 285 g/mol. The van der Waals surface area contributed by atoms with Gasteiger partial charge in [-0.05, 0) is 31.4 Å². The van der Waals surface area contributed by atoms with E-state index in [9.17, 15) is 9.90 Å². The Labute approximate surface area is 123 Å². The normalized spacial score (nSPS) is 21.8. The van der Waals surface area contributed by atoms with Gasteiger partial charge in [0.25, 0.3) is 0 Å². The average molecular weight is 285 g/mol. The third-order valence-electron chi connectivity index (χ3n) is 4.06. The van der Waals surface area contributed by atoms with Gasteiger partial charge in [-0.3, -0.25) is 4.79 Å². The topological polar surface area (TPSA) is 68.0 Å². The van der Waals surface area contributed by atoms with E-state index >= 15 is 0 Å². The van der Waals surface area contributed by atoms with Gasteiger partial charge < -0.3 is 9.67 Å². The van der Waals surface area contributed by atoms with E-state index in [-0.39, 0.29) is 5.92 Å². The van der Waals surface area contributed by atoms with Gasteiger partial charge in [0.15, 0.2) is 5.65 Å². The van der Waals surface area contributed by atoms with Crippen molar-refractivity contribution in [3.05, 3.63) is 36.3 Å². The fourth-order valence-electron chi connectivity index (χ4n) is 3.08. The smallest absolute Gasteiger partial charge is 0.307 e. The van der Waals surface area contributed by atoms with Crippen molar-refractivity contribution in [3.63, 3.8) is 0 Å². The van der Waals surface area contributed by atoms with Crippen LogP contribution in [0.5, 0.6) is 0 Å². The lowest BCUT2D eigenvalue weighted by Gasteiger charge is -2.25. The predicted octanol–water partition coefficient (Wildman–Crippen LogP) is 2.98. The molecule has 1 aliphatic rings. The van der Waals surface area contributed by atoms with E-state index in [1.165, 1.54) is 0 Å². The van der Waals surface area contributed by atoms with E-state index in [1.54, 1.807) is 6.20 Å². The minimum atomic E-state index is -0.743. The van der Waals surface area contributed by atoms with Crippen LogP contribution in [0.15, 0.2) is 30.5 Å². The molecule has 5 heteroatoms. The number of carboxylic acid groups (broad SMARTS) is 1. The molecule has 3 rings (SSSR count). The minimum Gasteiger partial charge on any atom is -0.481 e. The first-order chi connectivity index (χ1) is 10.2. The van der Waals surface area contributed by atoms with Crippen molar-refractivity contribution in [1.29, 1.82) is 0 Å². The summed E-state index contributed by atoms with van der Waals surface area (Å²) >= 11 is 0. The van der Waals surface area contributed by atoms with Crippen LogP contribution in [0.2, 0.25) is 0 Å². The molecule has 0 bridgehead atoms. The summed E-state index contributed by atoms with van der Waals surface area (Å²) in [5.74, 6) is -0.356. The maximum atomic E-state index is 11.5. The number of nitrogens with zero attached hydrogens (tertiary/aromatic N) is 3. The van der Waals surface area contributed by atoms with Crippen LogP contribution >= 0.6 is 0 Å². The molecule has 0 aromatic carbocycles. The molecule has 0 fully saturated rings. The number of imidazole rings is 1. The standard InChI is InChI=1S/C16H19N3O2/c1-2-10-19-14(18-13-8-5-9-17-15(13)19)11-6-3-4-7-12(11)16(20)21/h3-5,8-9,11-12H,2,6-7,10H2,1H3,(H,20,21). The molecule has 110 valence electrons. The lowest BCUT2D eigenvalue weighted by molar-refractivity contribution is -0.142. The zero-order valence-electron chi connectivity index (χ0n) is 12.1. The Bertz CT molecular complexity index is 690. The minimum absolute atomic E-state index is 0.0757. The number of aromatic nitrogens is 3. The number of aliphatic carboxylic acids is 1. The van der Waals surface area contributed by atoms with Gasteiger partial charge in [0.2, 0.25) is 0 Å². The van der Waals surface area contributed by atoms with Crippen molar-refractivity contribution in [2.75, 3.05) is 0 Å². The van der Waals surface area contributed by atoms with E-state index in [0.29, 0.717) is 6.42 Å². The number of pyridine rings is 1. The molecular weight excluding hydrogens is 266 g/mol. The maximum Gasteiger partial charge on any atom is 0.307 e. The Morgan fingerprint density at radius 1 is 1.43 bits per heavy atom. The maximum absolute atomic E-state index is 11.5. The van der Waals surface area contributed by atoms with Crippen molar-refractivity contribution in [3.8, 4) is 0 Å². The van der Waals surface area contributed by atoms with Crippen molar-refractivity contribution in [1.82, 2.24) is 14.5 Å². The molecule has 0 radical (unpaired) electrons. The number of fused-ring (bicyclic) bond motifs is 1. The van der Waals surface area contributed by atoms with Crippen molar-refractivity contribution in [2.24, 2.45) is 5.92 Å². The Balaban J connectivity index is 2.11. The number of hydrogen-bond acceptors (Lipinski definition) is 3. The van der Waals surface area contributed by atoms with Gasteiger partial charge in [0.1, 0.15) is 11.3 Å². The predicted molar refractivity (Wildman–Crippen MR) is 80.1 cm³/mol. The highest BCUT2D eigenvalue weighted by atomic mass is 16.4. The third kappa shape index (κ3) is 2.44. The number of allylic oxidation sites excluding steroid dienone is 2. The van der Waals surface area contributed by atoms with Crippen molar-refractivity contribution >= 4 is 17.1 Å². The first kappa shape index (κ1) is 13.8. The fourth-order valence-corrected chi connectivity index (χ4v) is 3.08. The molecule has 5 nitrogen and oxygen atoms in total. The lowest BCUT2D eigenvalue weighted by atomic mass is 9.82.